The number of nitrogens with zero attached hydrogens (tertiary/aromatic N) is 3. The van der Waals surface area contributed by atoms with Crippen molar-refractivity contribution in [2.75, 3.05) is 25.6 Å². The summed E-state index contributed by atoms with van der Waals surface area (Å²) in [6.45, 7) is 2.80. The predicted octanol–water partition coefficient (Wildman–Crippen LogP) is 2.98. The number of nitrogens with one attached hydrogen (secondary N) is 1. The Labute approximate surface area is 168 Å². The molecule has 0 saturated heterocycles. The van der Waals surface area contributed by atoms with Crippen LogP contribution in [0.25, 0.3) is 0 Å². The number of aromatic nitrogens is 3. The van der Waals surface area contributed by atoms with Crippen LogP contribution in [0.3, 0.4) is 0 Å². The molecule has 1 aliphatic rings. The topological polar surface area (TPSA) is 87.5 Å². The maximum absolute atomic E-state index is 12.0. The third kappa shape index (κ3) is 4.01. The number of carbonyl (C=O) groups excluding carboxylic acids is 1. The first kappa shape index (κ1) is 18.8. The van der Waals surface area contributed by atoms with Crippen LogP contribution in [0.2, 0.25) is 0 Å². The molecule has 3 aromatic rings. The van der Waals surface area contributed by atoms with Crippen LogP contribution >= 0.6 is 0 Å². The van der Waals surface area contributed by atoms with E-state index in [1.165, 1.54) is 6.33 Å². The highest BCUT2D eigenvalue weighted by Crippen LogP contribution is 2.34. The molecule has 150 valence electrons. The third-order valence-corrected chi connectivity index (χ3v) is 4.76. The predicted molar refractivity (Wildman–Crippen MR) is 107 cm³/mol. The Morgan fingerprint density at radius 2 is 1.90 bits per heavy atom. The van der Waals surface area contributed by atoms with Gasteiger partial charge in [0.15, 0.2) is 11.5 Å². The maximum Gasteiger partial charge on any atom is 0.229 e. The highest BCUT2D eigenvalue weighted by Gasteiger charge is 2.28. The van der Waals surface area contributed by atoms with Crippen molar-refractivity contribution in [3.05, 3.63) is 59.9 Å². The zero-order valence-corrected chi connectivity index (χ0v) is 16.3. The number of fused-ring (bicyclic) bond motifs is 1. The van der Waals surface area contributed by atoms with Crippen LogP contribution in [0, 0.1) is 6.92 Å². The molecule has 1 amide bonds. The maximum atomic E-state index is 12.0. The molecule has 8 heteroatoms. The molecule has 2 aromatic carbocycles. The van der Waals surface area contributed by atoms with Gasteiger partial charge < -0.3 is 14.2 Å². The number of amides is 1. The number of anilines is 1. The van der Waals surface area contributed by atoms with Gasteiger partial charge in [0.2, 0.25) is 11.9 Å². The van der Waals surface area contributed by atoms with E-state index in [1.807, 2.05) is 49.4 Å². The van der Waals surface area contributed by atoms with Crippen molar-refractivity contribution >= 4 is 11.9 Å². The Kier molecular flexibility index (Phi) is 5.33. The fraction of sp³-hybridized carbons (Fsp3) is 0.286. The Hall–Kier alpha value is -3.55. The van der Waals surface area contributed by atoms with Crippen molar-refractivity contribution in [1.82, 2.24) is 14.8 Å². The lowest BCUT2D eigenvalue weighted by molar-refractivity contribution is -0.117. The van der Waals surface area contributed by atoms with Gasteiger partial charge in [-0.3, -0.25) is 10.1 Å². The Morgan fingerprint density at radius 1 is 1.10 bits per heavy atom. The Balaban J connectivity index is 1.44. The minimum atomic E-state index is -0.242. The number of para-hydroxylation sites is 1. The summed E-state index contributed by atoms with van der Waals surface area (Å²) in [4.78, 5) is 16.1. The monoisotopic (exact) mass is 394 g/mol. The Morgan fingerprint density at radius 3 is 2.69 bits per heavy atom. The van der Waals surface area contributed by atoms with Crippen LogP contribution in [-0.2, 0) is 4.79 Å². The summed E-state index contributed by atoms with van der Waals surface area (Å²) in [7, 11) is 1.59. The molecule has 0 unspecified atom stereocenters. The fourth-order valence-electron chi connectivity index (χ4n) is 3.30. The molecule has 0 aliphatic carbocycles. The second-order valence-electron chi connectivity index (χ2n) is 6.67. The molecule has 4 rings (SSSR count). The Bertz CT molecular complexity index is 1020. The molecule has 1 atom stereocenters. The SMILES string of the molecule is COc1cc([C@@H]2CC(=O)Nc3ncnn32)ccc1OCCOc1ccccc1C. The number of rotatable bonds is 7. The molecule has 0 fully saturated rings. The summed E-state index contributed by atoms with van der Waals surface area (Å²) in [6.07, 6.45) is 1.71. The summed E-state index contributed by atoms with van der Waals surface area (Å²) < 4.78 is 18.8. The van der Waals surface area contributed by atoms with Crippen molar-refractivity contribution in [2.24, 2.45) is 0 Å². The van der Waals surface area contributed by atoms with E-state index in [-0.39, 0.29) is 18.4 Å². The van der Waals surface area contributed by atoms with E-state index in [0.717, 1.165) is 16.9 Å². The number of aryl methyl sites for hydroxylation is 1. The van der Waals surface area contributed by atoms with Gasteiger partial charge in [0, 0.05) is 0 Å². The first-order chi connectivity index (χ1) is 14.2. The van der Waals surface area contributed by atoms with E-state index in [0.29, 0.717) is 30.7 Å². The molecule has 1 N–H and O–H groups in total. The lowest BCUT2D eigenvalue weighted by Crippen LogP contribution is -2.29. The molecular formula is C21H22N4O4. The minimum absolute atomic E-state index is 0.0943. The van der Waals surface area contributed by atoms with Gasteiger partial charge >= 0.3 is 0 Å². The van der Waals surface area contributed by atoms with Crippen molar-refractivity contribution in [1.29, 1.82) is 0 Å². The van der Waals surface area contributed by atoms with E-state index in [4.69, 9.17) is 14.2 Å². The zero-order valence-electron chi connectivity index (χ0n) is 16.3. The van der Waals surface area contributed by atoms with E-state index >= 15 is 0 Å². The smallest absolute Gasteiger partial charge is 0.229 e. The minimum Gasteiger partial charge on any atom is -0.493 e. The van der Waals surface area contributed by atoms with Gasteiger partial charge in [-0.15, -0.1) is 0 Å². The zero-order chi connectivity index (χ0) is 20.2. The van der Waals surface area contributed by atoms with Gasteiger partial charge in [-0.05, 0) is 36.2 Å². The van der Waals surface area contributed by atoms with Crippen LogP contribution in [0.15, 0.2) is 48.8 Å². The van der Waals surface area contributed by atoms with Gasteiger partial charge in [-0.25, -0.2) is 4.68 Å². The van der Waals surface area contributed by atoms with Crippen LogP contribution in [0.5, 0.6) is 17.2 Å². The van der Waals surface area contributed by atoms with Gasteiger partial charge in [0.05, 0.1) is 19.6 Å². The molecule has 0 saturated carbocycles. The molecule has 0 radical (unpaired) electrons. The number of hydrogen-bond donors (Lipinski definition) is 1. The lowest BCUT2D eigenvalue weighted by Gasteiger charge is -2.24. The van der Waals surface area contributed by atoms with Crippen molar-refractivity contribution in [2.45, 2.75) is 19.4 Å². The van der Waals surface area contributed by atoms with Crippen LogP contribution < -0.4 is 19.5 Å². The molecular weight excluding hydrogens is 372 g/mol. The number of methoxy groups -OCH3 is 1. The highest BCUT2D eigenvalue weighted by molar-refractivity contribution is 5.91. The van der Waals surface area contributed by atoms with Crippen molar-refractivity contribution < 1.29 is 19.0 Å². The summed E-state index contributed by atoms with van der Waals surface area (Å²) in [5.41, 5.74) is 1.98. The average molecular weight is 394 g/mol. The van der Waals surface area contributed by atoms with E-state index in [1.54, 1.807) is 11.8 Å². The first-order valence-corrected chi connectivity index (χ1v) is 9.34. The molecule has 1 aromatic heterocycles. The van der Waals surface area contributed by atoms with Crippen molar-refractivity contribution in [3.63, 3.8) is 0 Å². The largest absolute Gasteiger partial charge is 0.493 e. The summed E-state index contributed by atoms with van der Waals surface area (Å²) in [5, 5.41) is 6.94. The van der Waals surface area contributed by atoms with Gasteiger partial charge in [0.25, 0.3) is 0 Å². The lowest BCUT2D eigenvalue weighted by atomic mass is 10.0. The molecule has 8 nitrogen and oxygen atoms in total. The summed E-state index contributed by atoms with van der Waals surface area (Å²) in [6, 6.07) is 13.2. The van der Waals surface area contributed by atoms with Crippen LogP contribution in [-0.4, -0.2) is 41.0 Å². The quantitative estimate of drug-likeness (QED) is 0.620. The van der Waals surface area contributed by atoms with Gasteiger partial charge in [0.1, 0.15) is 25.3 Å². The molecule has 29 heavy (non-hydrogen) atoms. The van der Waals surface area contributed by atoms with Crippen LogP contribution in [0.1, 0.15) is 23.6 Å². The van der Waals surface area contributed by atoms with E-state index in [9.17, 15) is 4.79 Å². The van der Waals surface area contributed by atoms with E-state index < -0.39 is 0 Å². The summed E-state index contributed by atoms with van der Waals surface area (Å²) in [5.74, 6) is 2.40. The second kappa shape index (κ2) is 8.22. The summed E-state index contributed by atoms with van der Waals surface area (Å²) >= 11 is 0. The number of ether oxygens (including phenoxy) is 3. The standard InChI is InChI=1S/C21H22N4O4/c1-14-5-3-4-6-17(14)28-9-10-29-18-8-7-15(11-19(18)27-2)16-12-20(26)24-21-22-13-23-25(16)21/h3-8,11,13,16H,9-10,12H2,1-2H3,(H,22,23,24,26)/t16-/m0/s1. The van der Waals surface area contributed by atoms with Gasteiger partial charge in [-0.1, -0.05) is 24.3 Å². The first-order valence-electron chi connectivity index (χ1n) is 9.34. The van der Waals surface area contributed by atoms with Gasteiger partial charge in [-0.2, -0.15) is 10.1 Å². The molecule has 0 spiro atoms. The molecule has 0 bridgehead atoms. The highest BCUT2D eigenvalue weighted by atomic mass is 16.5. The van der Waals surface area contributed by atoms with E-state index in [2.05, 4.69) is 15.4 Å². The number of hydrogen-bond acceptors (Lipinski definition) is 6. The number of carbonyl (C=O) groups is 1. The molecule has 2 heterocycles. The van der Waals surface area contributed by atoms with Crippen molar-refractivity contribution in [3.8, 4) is 17.2 Å². The second-order valence-corrected chi connectivity index (χ2v) is 6.67. The normalized spacial score (nSPS) is 15.4. The molecule has 1 aliphatic heterocycles. The van der Waals surface area contributed by atoms with Crippen LogP contribution in [0.4, 0.5) is 5.95 Å². The fourth-order valence-corrected chi connectivity index (χ4v) is 3.30. The average Bonchev–Trinajstić information content (AvgIpc) is 3.20. The third-order valence-electron chi connectivity index (χ3n) is 4.76. The number of benzene rings is 2.